The van der Waals surface area contributed by atoms with Crippen molar-refractivity contribution in [1.82, 2.24) is 4.90 Å². The van der Waals surface area contributed by atoms with E-state index in [-0.39, 0.29) is 0 Å². The highest BCUT2D eigenvalue weighted by molar-refractivity contribution is 14.1. The third kappa shape index (κ3) is 2.42. The number of nitrogens with zero attached hydrogens (tertiary/aromatic N) is 1. The SMILES string of the molecule is CN1CCC(CI)CC1. The van der Waals surface area contributed by atoms with Crippen molar-refractivity contribution in [1.29, 1.82) is 0 Å². The van der Waals surface area contributed by atoms with Gasteiger partial charge in [0.25, 0.3) is 0 Å². The molecule has 0 amide bonds. The Hall–Kier alpha value is 0.690. The van der Waals surface area contributed by atoms with E-state index in [1.54, 1.807) is 0 Å². The summed E-state index contributed by atoms with van der Waals surface area (Å²) in [6.07, 6.45) is 2.83. The van der Waals surface area contributed by atoms with Crippen molar-refractivity contribution >= 4 is 22.6 Å². The number of rotatable bonds is 1. The van der Waals surface area contributed by atoms with Crippen LogP contribution in [0.1, 0.15) is 12.8 Å². The molecular weight excluding hydrogens is 225 g/mol. The maximum Gasteiger partial charge on any atom is 0.00246 e. The first-order valence-electron chi connectivity index (χ1n) is 3.57. The molecule has 54 valence electrons. The minimum atomic E-state index is 1.02. The van der Waals surface area contributed by atoms with Gasteiger partial charge in [-0.3, -0.25) is 0 Å². The molecule has 0 unspecified atom stereocenters. The van der Waals surface area contributed by atoms with E-state index in [0.29, 0.717) is 0 Å². The van der Waals surface area contributed by atoms with Gasteiger partial charge in [-0.2, -0.15) is 0 Å². The van der Waals surface area contributed by atoms with Crippen molar-refractivity contribution in [2.75, 3.05) is 24.6 Å². The summed E-state index contributed by atoms with van der Waals surface area (Å²) in [6, 6.07) is 0. The molecule has 0 aromatic carbocycles. The second kappa shape index (κ2) is 3.76. The molecule has 1 aliphatic heterocycles. The van der Waals surface area contributed by atoms with Crippen LogP contribution in [0.3, 0.4) is 0 Å². The molecule has 0 saturated carbocycles. The average Bonchev–Trinajstić information content (AvgIpc) is 1.90. The summed E-state index contributed by atoms with van der Waals surface area (Å²) < 4.78 is 1.35. The van der Waals surface area contributed by atoms with Gasteiger partial charge in [-0.15, -0.1) is 0 Å². The molecule has 9 heavy (non-hydrogen) atoms. The summed E-state index contributed by atoms with van der Waals surface area (Å²) in [5, 5.41) is 0. The Bertz CT molecular complexity index is 77.0. The van der Waals surface area contributed by atoms with Crippen molar-refractivity contribution in [3.05, 3.63) is 0 Å². The van der Waals surface area contributed by atoms with Crippen molar-refractivity contribution in [3.63, 3.8) is 0 Å². The molecule has 0 bridgehead atoms. The van der Waals surface area contributed by atoms with E-state index < -0.39 is 0 Å². The monoisotopic (exact) mass is 239 g/mol. The van der Waals surface area contributed by atoms with E-state index in [1.165, 1.54) is 30.4 Å². The molecule has 1 rings (SSSR count). The number of hydrogen-bond donors (Lipinski definition) is 0. The molecular formula is C7H14IN. The number of halogens is 1. The molecule has 0 N–H and O–H groups in total. The van der Waals surface area contributed by atoms with Gasteiger partial charge >= 0.3 is 0 Å². The fourth-order valence-electron chi connectivity index (χ4n) is 1.22. The number of alkyl halides is 1. The van der Waals surface area contributed by atoms with Crippen LogP contribution in [-0.2, 0) is 0 Å². The summed E-state index contributed by atoms with van der Waals surface area (Å²) in [6.45, 7) is 2.63. The molecule has 2 heteroatoms. The van der Waals surface area contributed by atoms with Crippen LogP contribution in [0.25, 0.3) is 0 Å². The van der Waals surface area contributed by atoms with Crippen LogP contribution in [0.4, 0.5) is 0 Å². The Morgan fingerprint density at radius 2 is 2.00 bits per heavy atom. The topological polar surface area (TPSA) is 3.24 Å². The molecule has 0 aromatic heterocycles. The van der Waals surface area contributed by atoms with Gasteiger partial charge in [-0.1, -0.05) is 22.6 Å². The Kier molecular flexibility index (Phi) is 3.26. The lowest BCUT2D eigenvalue weighted by Gasteiger charge is -2.27. The zero-order valence-electron chi connectivity index (χ0n) is 5.94. The molecule has 0 spiro atoms. The summed E-state index contributed by atoms with van der Waals surface area (Å²) >= 11 is 2.50. The van der Waals surface area contributed by atoms with Gasteiger partial charge in [0, 0.05) is 4.43 Å². The van der Waals surface area contributed by atoms with Crippen LogP contribution >= 0.6 is 22.6 Å². The van der Waals surface area contributed by atoms with E-state index in [1.807, 2.05) is 0 Å². The molecule has 1 heterocycles. The van der Waals surface area contributed by atoms with Crippen LogP contribution in [0.5, 0.6) is 0 Å². The zero-order chi connectivity index (χ0) is 6.69. The van der Waals surface area contributed by atoms with Gasteiger partial charge in [-0.25, -0.2) is 0 Å². The van der Waals surface area contributed by atoms with E-state index in [0.717, 1.165) is 5.92 Å². The molecule has 0 aliphatic carbocycles. The third-order valence-corrected chi connectivity index (χ3v) is 3.30. The van der Waals surface area contributed by atoms with Crippen LogP contribution < -0.4 is 0 Å². The molecule has 1 aliphatic rings. The van der Waals surface area contributed by atoms with E-state index in [4.69, 9.17) is 0 Å². The minimum absolute atomic E-state index is 1.02. The first-order chi connectivity index (χ1) is 4.33. The Labute approximate surface area is 70.9 Å². The van der Waals surface area contributed by atoms with Crippen molar-refractivity contribution < 1.29 is 0 Å². The van der Waals surface area contributed by atoms with E-state index in [9.17, 15) is 0 Å². The van der Waals surface area contributed by atoms with Crippen LogP contribution in [0.2, 0.25) is 0 Å². The number of hydrogen-bond acceptors (Lipinski definition) is 1. The quantitative estimate of drug-likeness (QED) is 0.498. The normalized spacial score (nSPS) is 24.7. The highest BCUT2D eigenvalue weighted by Gasteiger charge is 2.14. The molecule has 1 saturated heterocycles. The van der Waals surface area contributed by atoms with Crippen LogP contribution in [0.15, 0.2) is 0 Å². The van der Waals surface area contributed by atoms with Crippen LogP contribution in [0, 0.1) is 5.92 Å². The molecule has 0 atom stereocenters. The lowest BCUT2D eigenvalue weighted by atomic mass is 10.00. The fourth-order valence-corrected chi connectivity index (χ4v) is 2.10. The number of piperidine rings is 1. The van der Waals surface area contributed by atoms with Crippen LogP contribution in [-0.4, -0.2) is 29.5 Å². The largest absolute Gasteiger partial charge is 0.306 e. The van der Waals surface area contributed by atoms with Gasteiger partial charge in [0.15, 0.2) is 0 Å². The van der Waals surface area contributed by atoms with E-state index >= 15 is 0 Å². The smallest absolute Gasteiger partial charge is 0.00246 e. The molecule has 0 aromatic rings. The van der Waals surface area contributed by atoms with Crippen molar-refractivity contribution in [3.8, 4) is 0 Å². The second-order valence-corrected chi connectivity index (χ2v) is 3.78. The lowest BCUT2D eigenvalue weighted by Crippen LogP contribution is -2.30. The summed E-state index contributed by atoms with van der Waals surface area (Å²) in [4.78, 5) is 2.42. The van der Waals surface area contributed by atoms with Crippen molar-refractivity contribution in [2.24, 2.45) is 5.92 Å². The fraction of sp³-hybridized carbons (Fsp3) is 1.00. The first-order valence-corrected chi connectivity index (χ1v) is 5.10. The van der Waals surface area contributed by atoms with E-state index in [2.05, 4.69) is 34.5 Å². The van der Waals surface area contributed by atoms with Gasteiger partial charge < -0.3 is 4.90 Å². The maximum absolute atomic E-state index is 2.50. The molecule has 0 radical (unpaired) electrons. The first kappa shape index (κ1) is 7.79. The Morgan fingerprint density at radius 3 is 2.44 bits per heavy atom. The highest BCUT2D eigenvalue weighted by atomic mass is 127. The highest BCUT2D eigenvalue weighted by Crippen LogP contribution is 2.17. The Balaban J connectivity index is 2.18. The number of likely N-dealkylation sites (tertiary alicyclic amines) is 1. The second-order valence-electron chi connectivity index (χ2n) is 2.90. The average molecular weight is 239 g/mol. The van der Waals surface area contributed by atoms with Gasteiger partial charge in [-0.05, 0) is 38.9 Å². The standard InChI is InChI=1S/C7H14IN/c1-9-4-2-7(6-8)3-5-9/h7H,2-6H2,1H3. The minimum Gasteiger partial charge on any atom is -0.306 e. The zero-order valence-corrected chi connectivity index (χ0v) is 8.10. The lowest BCUT2D eigenvalue weighted by molar-refractivity contribution is 0.234. The summed E-state index contributed by atoms with van der Waals surface area (Å²) in [5.41, 5.74) is 0. The predicted molar refractivity (Wildman–Crippen MR) is 49.1 cm³/mol. The maximum atomic E-state index is 2.50. The summed E-state index contributed by atoms with van der Waals surface area (Å²) in [5.74, 6) is 1.02. The van der Waals surface area contributed by atoms with Crippen molar-refractivity contribution in [2.45, 2.75) is 12.8 Å². The predicted octanol–water partition coefficient (Wildman–Crippen LogP) is 1.76. The van der Waals surface area contributed by atoms with Gasteiger partial charge in [0.05, 0.1) is 0 Å². The molecule has 1 nitrogen and oxygen atoms in total. The molecule has 1 fully saturated rings. The summed E-state index contributed by atoms with van der Waals surface area (Å²) in [7, 11) is 2.21. The Morgan fingerprint density at radius 1 is 1.44 bits per heavy atom. The van der Waals surface area contributed by atoms with Gasteiger partial charge in [0.1, 0.15) is 0 Å². The third-order valence-electron chi connectivity index (χ3n) is 2.06. The van der Waals surface area contributed by atoms with Gasteiger partial charge in [0.2, 0.25) is 0 Å².